The molecular formula is C13H17F3N2OS. The van der Waals surface area contributed by atoms with Crippen LogP contribution in [0.2, 0.25) is 0 Å². The second kappa shape index (κ2) is 6.49. The highest BCUT2D eigenvalue weighted by Crippen LogP contribution is 2.32. The highest BCUT2D eigenvalue weighted by atomic mass is 32.2. The molecule has 0 spiro atoms. The summed E-state index contributed by atoms with van der Waals surface area (Å²) in [6, 6.07) is 6.40. The molecule has 0 saturated carbocycles. The summed E-state index contributed by atoms with van der Waals surface area (Å²) >= 11 is 0.643. The van der Waals surface area contributed by atoms with Gasteiger partial charge in [-0.15, -0.1) is 11.8 Å². The Morgan fingerprint density at radius 1 is 1.30 bits per heavy atom. The Kier molecular flexibility index (Phi) is 5.47. The van der Waals surface area contributed by atoms with Crippen LogP contribution in [0, 0.1) is 5.41 Å². The first kappa shape index (κ1) is 16.8. The van der Waals surface area contributed by atoms with Crippen molar-refractivity contribution in [1.29, 1.82) is 0 Å². The standard InChI is InChI=1S/C13H17F3N2OS/c1-12(2,7-17)11(19)18-9-5-3-4-6-10(9)20-8-13(14,15)16/h3-6H,7-8,17H2,1-2H3,(H,18,19). The van der Waals surface area contributed by atoms with Gasteiger partial charge in [0.1, 0.15) is 0 Å². The van der Waals surface area contributed by atoms with E-state index in [4.69, 9.17) is 5.73 Å². The first-order valence-electron chi connectivity index (χ1n) is 5.96. The van der Waals surface area contributed by atoms with Gasteiger partial charge in [-0.05, 0) is 26.0 Å². The van der Waals surface area contributed by atoms with Crippen molar-refractivity contribution in [1.82, 2.24) is 0 Å². The van der Waals surface area contributed by atoms with Crippen molar-refractivity contribution < 1.29 is 18.0 Å². The van der Waals surface area contributed by atoms with Gasteiger partial charge in [-0.25, -0.2) is 0 Å². The molecule has 1 aromatic carbocycles. The van der Waals surface area contributed by atoms with Crippen LogP contribution in [-0.2, 0) is 4.79 Å². The monoisotopic (exact) mass is 306 g/mol. The maximum atomic E-state index is 12.3. The van der Waals surface area contributed by atoms with Crippen LogP contribution in [0.4, 0.5) is 18.9 Å². The zero-order valence-electron chi connectivity index (χ0n) is 11.3. The van der Waals surface area contributed by atoms with Crippen LogP contribution in [0.1, 0.15) is 13.8 Å². The molecular weight excluding hydrogens is 289 g/mol. The van der Waals surface area contributed by atoms with Gasteiger partial charge in [-0.3, -0.25) is 4.79 Å². The van der Waals surface area contributed by atoms with Gasteiger partial charge in [0.15, 0.2) is 0 Å². The SMILES string of the molecule is CC(C)(CN)C(=O)Nc1ccccc1SCC(F)(F)F. The molecule has 1 aromatic rings. The smallest absolute Gasteiger partial charge is 0.329 e. The fraction of sp³-hybridized carbons (Fsp3) is 0.462. The number of nitrogens with two attached hydrogens (primary N) is 1. The van der Waals surface area contributed by atoms with Crippen molar-refractivity contribution >= 4 is 23.4 Å². The van der Waals surface area contributed by atoms with Crippen LogP contribution in [0.15, 0.2) is 29.2 Å². The van der Waals surface area contributed by atoms with Crippen LogP contribution in [0.3, 0.4) is 0 Å². The molecule has 7 heteroatoms. The van der Waals surface area contributed by atoms with Crippen molar-refractivity contribution in [3.05, 3.63) is 24.3 Å². The Balaban J connectivity index is 2.83. The van der Waals surface area contributed by atoms with E-state index in [1.54, 1.807) is 38.1 Å². The predicted octanol–water partition coefficient (Wildman–Crippen LogP) is 3.26. The van der Waals surface area contributed by atoms with E-state index in [9.17, 15) is 18.0 Å². The first-order valence-corrected chi connectivity index (χ1v) is 6.94. The number of benzene rings is 1. The first-order chi connectivity index (χ1) is 9.15. The second-order valence-corrected chi connectivity index (χ2v) is 5.96. The quantitative estimate of drug-likeness (QED) is 0.821. The zero-order chi connectivity index (χ0) is 15.4. The summed E-state index contributed by atoms with van der Waals surface area (Å²) in [5.41, 5.74) is 5.09. The molecule has 0 bridgehead atoms. The third kappa shape index (κ3) is 5.05. The maximum Gasteiger partial charge on any atom is 0.398 e. The van der Waals surface area contributed by atoms with Gasteiger partial charge < -0.3 is 11.1 Å². The van der Waals surface area contributed by atoms with Gasteiger partial charge in [-0.1, -0.05) is 12.1 Å². The maximum absolute atomic E-state index is 12.3. The minimum atomic E-state index is -4.25. The van der Waals surface area contributed by atoms with E-state index in [-0.39, 0.29) is 12.5 Å². The minimum absolute atomic E-state index is 0.149. The van der Waals surface area contributed by atoms with Gasteiger partial charge in [0, 0.05) is 11.4 Å². The molecule has 1 rings (SSSR count). The zero-order valence-corrected chi connectivity index (χ0v) is 12.1. The molecule has 0 atom stereocenters. The number of thioether (sulfide) groups is 1. The van der Waals surface area contributed by atoms with Gasteiger partial charge in [0.2, 0.25) is 5.91 Å². The molecule has 3 nitrogen and oxygen atoms in total. The number of hydrogen-bond acceptors (Lipinski definition) is 3. The van der Waals surface area contributed by atoms with Crippen LogP contribution in [0.5, 0.6) is 0 Å². The number of carbonyl (C=O) groups is 1. The van der Waals surface area contributed by atoms with Crippen molar-refractivity contribution in [3.63, 3.8) is 0 Å². The van der Waals surface area contributed by atoms with Crippen molar-refractivity contribution in [2.24, 2.45) is 11.1 Å². The molecule has 20 heavy (non-hydrogen) atoms. The van der Waals surface area contributed by atoms with Crippen LogP contribution in [0.25, 0.3) is 0 Å². The average molecular weight is 306 g/mol. The molecule has 0 heterocycles. The van der Waals surface area contributed by atoms with Crippen molar-refractivity contribution in [2.45, 2.75) is 24.9 Å². The Labute approximate surface area is 120 Å². The number of anilines is 1. The number of halogens is 3. The Bertz CT molecular complexity index is 475. The van der Waals surface area contributed by atoms with Crippen LogP contribution in [-0.4, -0.2) is 24.4 Å². The summed E-state index contributed by atoms with van der Waals surface area (Å²) in [6.07, 6.45) is -4.25. The van der Waals surface area contributed by atoms with E-state index in [2.05, 4.69) is 5.32 Å². The fourth-order valence-corrected chi connectivity index (χ4v) is 2.01. The van der Waals surface area contributed by atoms with E-state index in [1.807, 2.05) is 0 Å². The Hall–Kier alpha value is -1.21. The third-order valence-corrected chi connectivity index (χ3v) is 3.79. The fourth-order valence-electron chi connectivity index (χ4n) is 1.24. The average Bonchev–Trinajstić information content (AvgIpc) is 2.36. The van der Waals surface area contributed by atoms with Gasteiger partial charge in [-0.2, -0.15) is 13.2 Å². The predicted molar refractivity (Wildman–Crippen MR) is 74.7 cm³/mol. The Morgan fingerprint density at radius 2 is 1.90 bits per heavy atom. The lowest BCUT2D eigenvalue weighted by molar-refractivity contribution is -0.123. The normalized spacial score (nSPS) is 12.3. The number of carbonyl (C=O) groups excluding carboxylic acids is 1. The third-order valence-electron chi connectivity index (χ3n) is 2.65. The number of alkyl halides is 3. The number of rotatable bonds is 5. The van der Waals surface area contributed by atoms with E-state index in [0.717, 1.165) is 0 Å². The summed E-state index contributed by atoms with van der Waals surface area (Å²) in [4.78, 5) is 12.4. The minimum Gasteiger partial charge on any atom is -0.329 e. The molecule has 112 valence electrons. The lowest BCUT2D eigenvalue weighted by Gasteiger charge is -2.22. The molecule has 0 unspecified atom stereocenters. The second-order valence-electron chi connectivity index (χ2n) is 4.94. The number of hydrogen-bond donors (Lipinski definition) is 2. The van der Waals surface area contributed by atoms with Crippen molar-refractivity contribution in [3.8, 4) is 0 Å². The van der Waals surface area contributed by atoms with Gasteiger partial charge >= 0.3 is 6.18 Å². The number of amides is 1. The van der Waals surface area contributed by atoms with E-state index in [0.29, 0.717) is 22.3 Å². The molecule has 0 saturated heterocycles. The molecule has 1 amide bonds. The van der Waals surface area contributed by atoms with Gasteiger partial charge in [0.25, 0.3) is 0 Å². The summed E-state index contributed by atoms with van der Waals surface area (Å²) in [5.74, 6) is -1.32. The molecule has 0 aliphatic heterocycles. The summed E-state index contributed by atoms with van der Waals surface area (Å²) in [7, 11) is 0. The van der Waals surface area contributed by atoms with Crippen LogP contribution >= 0.6 is 11.8 Å². The number of nitrogens with one attached hydrogen (secondary N) is 1. The van der Waals surface area contributed by atoms with E-state index >= 15 is 0 Å². The summed E-state index contributed by atoms with van der Waals surface area (Å²) in [6.45, 7) is 3.50. The molecule has 3 N–H and O–H groups in total. The summed E-state index contributed by atoms with van der Waals surface area (Å²) in [5, 5.41) is 2.63. The highest BCUT2D eigenvalue weighted by Gasteiger charge is 2.29. The molecule has 0 fully saturated rings. The molecule has 0 aliphatic carbocycles. The molecule has 0 aromatic heterocycles. The largest absolute Gasteiger partial charge is 0.398 e. The number of para-hydroxylation sites is 1. The highest BCUT2D eigenvalue weighted by molar-refractivity contribution is 7.99. The van der Waals surface area contributed by atoms with E-state index in [1.165, 1.54) is 0 Å². The van der Waals surface area contributed by atoms with Crippen molar-refractivity contribution in [2.75, 3.05) is 17.6 Å². The summed E-state index contributed by atoms with van der Waals surface area (Å²) < 4.78 is 36.8. The molecule has 0 aliphatic rings. The lowest BCUT2D eigenvalue weighted by Crippen LogP contribution is -2.37. The van der Waals surface area contributed by atoms with Gasteiger partial charge in [0.05, 0.1) is 16.9 Å². The molecule has 0 radical (unpaired) electrons. The van der Waals surface area contributed by atoms with Crippen LogP contribution < -0.4 is 11.1 Å². The lowest BCUT2D eigenvalue weighted by atomic mass is 9.92. The Morgan fingerprint density at radius 3 is 2.45 bits per heavy atom. The topological polar surface area (TPSA) is 55.1 Å². The van der Waals surface area contributed by atoms with E-state index < -0.39 is 17.3 Å².